The van der Waals surface area contributed by atoms with Crippen molar-refractivity contribution in [1.82, 2.24) is 4.98 Å². The fourth-order valence-corrected chi connectivity index (χ4v) is 2.49. The normalized spacial score (nSPS) is 12.4. The van der Waals surface area contributed by atoms with E-state index in [1.807, 2.05) is 0 Å². The molecule has 1 aromatic heterocycles. The van der Waals surface area contributed by atoms with Crippen LogP contribution >= 0.6 is 11.8 Å². The van der Waals surface area contributed by atoms with Gasteiger partial charge in [0.2, 0.25) is 0 Å². The van der Waals surface area contributed by atoms with Crippen molar-refractivity contribution in [3.8, 4) is 0 Å². The molecule has 0 fully saturated rings. The Labute approximate surface area is 115 Å². The number of hydrogen-bond acceptors (Lipinski definition) is 3. The van der Waals surface area contributed by atoms with Crippen LogP contribution in [0.5, 0.6) is 0 Å². The molecule has 0 aliphatic heterocycles. The molecule has 0 saturated carbocycles. The van der Waals surface area contributed by atoms with Crippen molar-refractivity contribution in [1.29, 1.82) is 0 Å². The van der Waals surface area contributed by atoms with Gasteiger partial charge in [0.15, 0.2) is 0 Å². The molecule has 0 amide bonds. The molecule has 0 radical (unpaired) electrons. The van der Waals surface area contributed by atoms with Crippen LogP contribution in [-0.4, -0.2) is 11.0 Å². The van der Waals surface area contributed by atoms with Gasteiger partial charge in [-0.05, 0) is 43.2 Å². The molecule has 1 unspecified atom stereocenters. The van der Waals surface area contributed by atoms with Crippen LogP contribution in [0.15, 0.2) is 46.5 Å². The van der Waals surface area contributed by atoms with E-state index in [9.17, 15) is 8.78 Å². The Morgan fingerprint density at radius 1 is 1.26 bits per heavy atom. The first-order chi connectivity index (χ1) is 9.06. The molecule has 2 rings (SSSR count). The predicted molar refractivity (Wildman–Crippen MR) is 72.1 cm³/mol. The molecule has 2 nitrogen and oxygen atoms in total. The van der Waals surface area contributed by atoms with E-state index in [1.165, 1.54) is 12.1 Å². The smallest absolute Gasteiger partial charge is 0.140 e. The van der Waals surface area contributed by atoms with Gasteiger partial charge in [-0.3, -0.25) is 0 Å². The third-order valence-electron chi connectivity index (χ3n) is 2.46. The highest BCUT2D eigenvalue weighted by Gasteiger charge is 2.13. The molecule has 0 aliphatic carbocycles. The second kappa shape index (κ2) is 6.12. The molecule has 1 atom stereocenters. The van der Waals surface area contributed by atoms with Gasteiger partial charge in [0.1, 0.15) is 16.7 Å². The van der Waals surface area contributed by atoms with Crippen molar-refractivity contribution in [3.63, 3.8) is 0 Å². The third-order valence-corrected chi connectivity index (χ3v) is 3.50. The van der Waals surface area contributed by atoms with Gasteiger partial charge in [-0.2, -0.15) is 0 Å². The predicted octanol–water partition coefficient (Wildman–Crippen LogP) is 3.40. The lowest BCUT2D eigenvalue weighted by molar-refractivity contribution is 0.535. The molecule has 0 saturated heterocycles. The van der Waals surface area contributed by atoms with E-state index in [2.05, 4.69) is 4.98 Å². The zero-order valence-electron chi connectivity index (χ0n) is 10.4. The summed E-state index contributed by atoms with van der Waals surface area (Å²) in [7, 11) is 0. The summed E-state index contributed by atoms with van der Waals surface area (Å²) >= 11 is 0.976. The van der Waals surface area contributed by atoms with Crippen molar-refractivity contribution < 1.29 is 8.78 Å². The summed E-state index contributed by atoms with van der Waals surface area (Å²) < 4.78 is 27.8. The Bertz CT molecular complexity index is 536. The zero-order chi connectivity index (χ0) is 13.8. The van der Waals surface area contributed by atoms with Gasteiger partial charge in [-0.15, -0.1) is 0 Å². The number of hydrogen-bond donors (Lipinski definition) is 1. The maximum atomic E-state index is 13.9. The van der Waals surface area contributed by atoms with Crippen LogP contribution in [-0.2, 0) is 6.42 Å². The standard InChI is InChI=1S/C14H14F2N2S/c1-9(17)6-10-7-11(15)14(12(16)8-10)19-13-4-2-3-5-18-13/h2-5,7-9H,6,17H2,1H3. The maximum Gasteiger partial charge on any atom is 0.140 e. The summed E-state index contributed by atoms with van der Waals surface area (Å²) in [6.45, 7) is 1.80. The minimum absolute atomic E-state index is 0.0351. The fraction of sp³-hybridized carbons (Fsp3) is 0.214. The van der Waals surface area contributed by atoms with Gasteiger partial charge in [0.25, 0.3) is 0 Å². The van der Waals surface area contributed by atoms with Crippen LogP contribution in [0.3, 0.4) is 0 Å². The second-order valence-corrected chi connectivity index (χ2v) is 5.37. The molecule has 1 heterocycles. The molecule has 19 heavy (non-hydrogen) atoms. The fourth-order valence-electron chi connectivity index (χ4n) is 1.71. The van der Waals surface area contributed by atoms with Crippen molar-refractivity contribution in [2.45, 2.75) is 29.3 Å². The van der Waals surface area contributed by atoms with Crippen LogP contribution < -0.4 is 5.73 Å². The molecule has 2 N–H and O–H groups in total. The minimum Gasteiger partial charge on any atom is -0.328 e. The molecule has 1 aromatic carbocycles. The van der Waals surface area contributed by atoms with E-state index in [-0.39, 0.29) is 10.9 Å². The number of rotatable bonds is 4. The average Bonchev–Trinajstić information content (AvgIpc) is 2.34. The first kappa shape index (κ1) is 14.0. The molecule has 0 aliphatic rings. The summed E-state index contributed by atoms with van der Waals surface area (Å²) in [6.07, 6.45) is 2.03. The highest BCUT2D eigenvalue weighted by atomic mass is 32.2. The summed E-state index contributed by atoms with van der Waals surface area (Å²) in [5, 5.41) is 0.556. The molecule has 2 aromatic rings. The van der Waals surface area contributed by atoms with E-state index in [0.29, 0.717) is 17.0 Å². The van der Waals surface area contributed by atoms with Crippen molar-refractivity contribution in [3.05, 3.63) is 53.7 Å². The lowest BCUT2D eigenvalue weighted by Gasteiger charge is -2.09. The van der Waals surface area contributed by atoms with Crippen molar-refractivity contribution in [2.24, 2.45) is 5.73 Å². The largest absolute Gasteiger partial charge is 0.328 e. The number of nitrogens with zero attached hydrogens (tertiary/aromatic N) is 1. The van der Waals surface area contributed by atoms with Gasteiger partial charge in [0, 0.05) is 12.2 Å². The number of halogens is 2. The Kier molecular flexibility index (Phi) is 4.50. The van der Waals surface area contributed by atoms with Crippen LogP contribution in [0.1, 0.15) is 12.5 Å². The van der Waals surface area contributed by atoms with Gasteiger partial charge < -0.3 is 5.73 Å². The lowest BCUT2D eigenvalue weighted by atomic mass is 10.1. The van der Waals surface area contributed by atoms with E-state index < -0.39 is 11.6 Å². The van der Waals surface area contributed by atoms with Gasteiger partial charge in [-0.1, -0.05) is 17.8 Å². The van der Waals surface area contributed by atoms with Crippen molar-refractivity contribution >= 4 is 11.8 Å². The number of aromatic nitrogens is 1. The number of benzene rings is 1. The molecule has 100 valence electrons. The first-order valence-corrected chi connectivity index (χ1v) is 6.70. The summed E-state index contributed by atoms with van der Waals surface area (Å²) in [5.74, 6) is -1.15. The highest BCUT2D eigenvalue weighted by Crippen LogP contribution is 2.31. The molecule has 5 heteroatoms. The number of pyridine rings is 1. The van der Waals surface area contributed by atoms with E-state index >= 15 is 0 Å². The average molecular weight is 280 g/mol. The minimum atomic E-state index is -0.577. The highest BCUT2D eigenvalue weighted by molar-refractivity contribution is 7.99. The Morgan fingerprint density at radius 2 is 1.95 bits per heavy atom. The lowest BCUT2D eigenvalue weighted by Crippen LogP contribution is -2.18. The Balaban J connectivity index is 2.27. The van der Waals surface area contributed by atoms with E-state index in [0.717, 1.165) is 11.8 Å². The van der Waals surface area contributed by atoms with Crippen LogP contribution in [0.4, 0.5) is 8.78 Å². The SMILES string of the molecule is CC(N)Cc1cc(F)c(Sc2ccccn2)c(F)c1. The topological polar surface area (TPSA) is 38.9 Å². The monoisotopic (exact) mass is 280 g/mol. The summed E-state index contributed by atoms with van der Waals surface area (Å²) in [5.41, 5.74) is 6.19. The zero-order valence-corrected chi connectivity index (χ0v) is 11.3. The van der Waals surface area contributed by atoms with Gasteiger partial charge in [-0.25, -0.2) is 13.8 Å². The number of nitrogens with two attached hydrogens (primary N) is 1. The van der Waals surface area contributed by atoms with Gasteiger partial charge in [0.05, 0.1) is 4.90 Å². The van der Waals surface area contributed by atoms with E-state index in [1.54, 1.807) is 31.3 Å². The van der Waals surface area contributed by atoms with Crippen molar-refractivity contribution in [2.75, 3.05) is 0 Å². The molecule has 0 bridgehead atoms. The van der Waals surface area contributed by atoms with Crippen LogP contribution in [0.25, 0.3) is 0 Å². The molecular weight excluding hydrogens is 266 g/mol. The Hall–Kier alpha value is -1.46. The van der Waals surface area contributed by atoms with Crippen LogP contribution in [0, 0.1) is 11.6 Å². The summed E-state index contributed by atoms with van der Waals surface area (Å²) in [6, 6.07) is 7.76. The molecule has 0 spiro atoms. The quantitative estimate of drug-likeness (QED) is 0.933. The maximum absolute atomic E-state index is 13.9. The third kappa shape index (κ3) is 3.75. The van der Waals surface area contributed by atoms with Gasteiger partial charge >= 0.3 is 0 Å². The second-order valence-electron chi connectivity index (χ2n) is 4.34. The van der Waals surface area contributed by atoms with Crippen LogP contribution in [0.2, 0.25) is 0 Å². The first-order valence-electron chi connectivity index (χ1n) is 5.88. The summed E-state index contributed by atoms with van der Waals surface area (Å²) in [4.78, 5) is 4.00. The van der Waals surface area contributed by atoms with E-state index in [4.69, 9.17) is 5.73 Å². The molecular formula is C14H14F2N2S. The Morgan fingerprint density at radius 3 is 2.47 bits per heavy atom.